The molecule has 0 bridgehead atoms. The van der Waals surface area contributed by atoms with Gasteiger partial charge in [-0.2, -0.15) is 29.9 Å². The molecule has 3 aromatic heterocycles. The Morgan fingerprint density at radius 1 is 0.277 bits per heavy atom. The summed E-state index contributed by atoms with van der Waals surface area (Å²) in [5.41, 5.74) is 7.10. The third-order valence-corrected chi connectivity index (χ3v) is 25.9. The smallest absolute Gasteiger partial charge is 0.320 e. The number of aromatic nitrogens is 9. The summed E-state index contributed by atoms with van der Waals surface area (Å²) in [7, 11) is 0. The molecule has 3 N–H and O–H groups in total. The first-order chi connectivity index (χ1) is 63.8. The second-order valence-corrected chi connectivity index (χ2v) is 35.2. The summed E-state index contributed by atoms with van der Waals surface area (Å²) in [4.78, 5) is 43.5. The SMILES string of the molecule is CCCCC(CC)OCc1ccc(-c2nc(OC3CCCC3)nc(-c3c4ccccc4cc4ccccc34)n2)c(O)c1.CCCCC(CC)OCc1ccc(-c2nc(OC3CCCC3)nc(-c3cc4c5ccccc5ccc4c4ccccc34)n2)c(O)c1.CCCCC(CC)OCc1ccc(-c2nc(OC3CCCC3)nc(-c3ccc4cc5ccccc5cc4c3)n2)c(O)c1. The van der Waals surface area contributed by atoms with E-state index in [1.807, 2.05) is 66.7 Å². The Bertz CT molecular complexity index is 6550. The molecule has 0 aliphatic heterocycles. The van der Waals surface area contributed by atoms with Crippen LogP contribution in [-0.4, -0.2) is 96.8 Å². The number of hydrogen-bond acceptors (Lipinski definition) is 18. The van der Waals surface area contributed by atoms with Crippen molar-refractivity contribution in [3.8, 4) is 104 Å². The molecule has 13 aromatic carbocycles. The van der Waals surface area contributed by atoms with Gasteiger partial charge in [0.25, 0.3) is 0 Å². The molecule has 130 heavy (non-hydrogen) atoms. The molecule has 3 aliphatic rings. The molecule has 3 saturated carbocycles. The second kappa shape index (κ2) is 42.8. The standard InChI is InChI=1S/C40H41N3O3.2C36H39N3O3/c1-3-5-13-28(4-2)45-25-26-19-21-34(37(44)23-26)38-41-39(43-40(42-38)46-29-14-7-8-15-29)36-24-35-30-16-9-6-12-27(30)20-22-33(35)31-17-10-11-18-32(31)36;1-3-5-14-27(4-2)41-23-24-19-20-31(32(40)21-24)34-37-35(39-36(38-34)42-28-15-8-9-16-28)33-29-17-10-6-12-25(29)22-26-13-7-11-18-30(26)33;1-3-5-12-30(4-2)41-23-24-15-18-32(33(40)19-24)35-37-34(38-36(39-35)42-31-13-8-9-14-31)28-17-16-27-20-25-10-6-7-11-26(25)21-29(27)22-28/h6,9-12,16-24,28-29,44H,3-5,7-8,13-15,25H2,1-2H3;6-7,10-13,17-22,27-28,40H,3-5,8-9,14-16,23H2,1-2H3;6-7,10-11,15-22,30-31,40H,3-5,8-9,12-14,23H2,1-2H3. The predicted molar refractivity (Wildman–Crippen MR) is 523 cm³/mol. The average Bonchev–Trinajstić information content (AvgIpc) is 0.789. The summed E-state index contributed by atoms with van der Waals surface area (Å²) in [6, 6.07) is 79.0. The molecule has 18 nitrogen and oxygen atoms in total. The number of fused-ring (bicyclic) bond motifs is 9. The Labute approximate surface area is 762 Å². The van der Waals surface area contributed by atoms with Gasteiger partial charge in [0.1, 0.15) is 35.6 Å². The zero-order chi connectivity index (χ0) is 89.2. The van der Waals surface area contributed by atoms with Crippen LogP contribution in [-0.2, 0) is 34.0 Å². The summed E-state index contributed by atoms with van der Waals surface area (Å²) in [6.45, 7) is 14.4. The van der Waals surface area contributed by atoms with E-state index in [2.05, 4.69) is 192 Å². The van der Waals surface area contributed by atoms with E-state index in [-0.39, 0.29) is 53.9 Å². The Morgan fingerprint density at radius 2 is 0.615 bits per heavy atom. The van der Waals surface area contributed by atoms with Crippen LogP contribution in [0.15, 0.2) is 231 Å². The van der Waals surface area contributed by atoms with Gasteiger partial charge in [0, 0.05) is 16.7 Å². The predicted octanol–water partition coefficient (Wildman–Crippen LogP) is 28.2. The number of nitrogens with zero attached hydrogens (tertiary/aromatic N) is 9. The van der Waals surface area contributed by atoms with Crippen molar-refractivity contribution in [3.05, 3.63) is 247 Å². The number of rotatable bonds is 33. The van der Waals surface area contributed by atoms with Gasteiger partial charge in [0.15, 0.2) is 34.9 Å². The van der Waals surface area contributed by atoms with Crippen molar-refractivity contribution < 1.29 is 43.7 Å². The van der Waals surface area contributed by atoms with E-state index in [1.54, 1.807) is 18.2 Å². The number of unbranched alkanes of at least 4 members (excludes halogenated alkanes) is 3. The van der Waals surface area contributed by atoms with Gasteiger partial charge >= 0.3 is 18.0 Å². The van der Waals surface area contributed by atoms with Crippen LogP contribution in [0.5, 0.6) is 35.3 Å². The molecule has 0 spiro atoms. The molecule has 16 aromatic rings. The second-order valence-electron chi connectivity index (χ2n) is 35.2. The van der Waals surface area contributed by atoms with E-state index >= 15 is 0 Å². The molecule has 0 radical (unpaired) electrons. The van der Waals surface area contributed by atoms with Gasteiger partial charge in [-0.05, 0) is 274 Å². The molecule has 666 valence electrons. The van der Waals surface area contributed by atoms with E-state index in [4.69, 9.17) is 68.3 Å². The molecule has 18 heteroatoms. The topological polar surface area (TPSA) is 232 Å². The van der Waals surface area contributed by atoms with E-state index < -0.39 is 0 Å². The van der Waals surface area contributed by atoms with E-state index in [0.717, 1.165) is 236 Å². The molecule has 3 aliphatic carbocycles. The van der Waals surface area contributed by atoms with Crippen molar-refractivity contribution in [2.24, 2.45) is 0 Å². The lowest BCUT2D eigenvalue weighted by atomic mass is 9.93. The highest BCUT2D eigenvalue weighted by Gasteiger charge is 2.28. The quantitative estimate of drug-likeness (QED) is 0.0256. The van der Waals surface area contributed by atoms with Crippen LogP contribution >= 0.6 is 0 Å². The minimum Gasteiger partial charge on any atom is -0.507 e. The fraction of sp³-hybridized carbons (Fsp3) is 0.348. The van der Waals surface area contributed by atoms with Gasteiger partial charge in [-0.25, -0.2) is 15.0 Å². The molecular weight excluding hydrogens is 1620 g/mol. The number of phenolic OH excluding ortho intramolecular Hbond substituents is 3. The van der Waals surface area contributed by atoms with Gasteiger partial charge in [0.05, 0.1) is 54.8 Å². The first kappa shape index (κ1) is 89.4. The third-order valence-electron chi connectivity index (χ3n) is 25.9. The van der Waals surface area contributed by atoms with Gasteiger partial charge in [-0.3, -0.25) is 0 Å². The number of phenols is 3. The highest BCUT2D eigenvalue weighted by molar-refractivity contribution is 6.21. The summed E-state index contributed by atoms with van der Waals surface area (Å²) in [5.74, 6) is 3.11. The van der Waals surface area contributed by atoms with Crippen molar-refractivity contribution in [2.45, 2.75) is 252 Å². The monoisotopic (exact) mass is 1730 g/mol. The Kier molecular flexibility index (Phi) is 29.4. The highest BCUT2D eigenvalue weighted by atomic mass is 16.5. The van der Waals surface area contributed by atoms with Crippen molar-refractivity contribution in [2.75, 3.05) is 0 Å². The van der Waals surface area contributed by atoms with Crippen LogP contribution in [0.2, 0.25) is 0 Å². The third kappa shape index (κ3) is 21.4. The van der Waals surface area contributed by atoms with Crippen LogP contribution in [0, 0.1) is 0 Å². The minimum atomic E-state index is 0.0766. The van der Waals surface area contributed by atoms with Gasteiger partial charge in [-0.15, -0.1) is 0 Å². The largest absolute Gasteiger partial charge is 0.507 e. The molecule has 3 fully saturated rings. The Hall–Kier alpha value is -12.6. The molecule has 3 heterocycles. The van der Waals surface area contributed by atoms with E-state index in [9.17, 15) is 15.3 Å². The summed E-state index contributed by atoms with van der Waals surface area (Å²) in [5, 5.41) is 49.5. The maximum atomic E-state index is 11.3. The number of benzene rings is 13. The highest BCUT2D eigenvalue weighted by Crippen LogP contribution is 2.43. The maximum Gasteiger partial charge on any atom is 0.320 e. The summed E-state index contributed by atoms with van der Waals surface area (Å²) in [6.07, 6.45) is 26.8. The fourth-order valence-electron chi connectivity index (χ4n) is 18.5. The molecule has 3 atom stereocenters. The lowest BCUT2D eigenvalue weighted by molar-refractivity contribution is 0.0311. The average molecular weight is 1740 g/mol. The fourth-order valence-corrected chi connectivity index (χ4v) is 18.5. The number of hydrogen-bond donors (Lipinski definition) is 3. The van der Waals surface area contributed by atoms with Gasteiger partial charge in [0.2, 0.25) is 0 Å². The molecule has 0 amide bonds. The minimum absolute atomic E-state index is 0.0766. The lowest BCUT2D eigenvalue weighted by Crippen LogP contribution is -2.14. The zero-order valence-electron chi connectivity index (χ0n) is 75.8. The van der Waals surface area contributed by atoms with Crippen molar-refractivity contribution in [3.63, 3.8) is 0 Å². The van der Waals surface area contributed by atoms with Gasteiger partial charge in [-0.1, -0.05) is 244 Å². The maximum absolute atomic E-state index is 11.3. The molecule has 3 unspecified atom stereocenters. The van der Waals surface area contributed by atoms with Crippen LogP contribution in [0.25, 0.3) is 144 Å². The molecule has 0 saturated heterocycles. The number of aromatic hydroxyl groups is 3. The molecular formula is C112H119N9O9. The van der Waals surface area contributed by atoms with Crippen LogP contribution < -0.4 is 14.2 Å². The first-order valence-electron chi connectivity index (χ1n) is 47.6. The Morgan fingerprint density at radius 3 is 1.05 bits per heavy atom. The summed E-state index contributed by atoms with van der Waals surface area (Å²) >= 11 is 0. The Balaban J connectivity index is 0.000000137. The molecule has 19 rings (SSSR count). The van der Waals surface area contributed by atoms with Crippen molar-refractivity contribution >= 4 is 75.4 Å². The van der Waals surface area contributed by atoms with Crippen molar-refractivity contribution in [1.82, 2.24) is 44.9 Å². The van der Waals surface area contributed by atoms with Gasteiger partial charge < -0.3 is 43.7 Å². The lowest BCUT2D eigenvalue weighted by Gasteiger charge is -2.17. The van der Waals surface area contributed by atoms with Crippen LogP contribution in [0.1, 0.15) is 212 Å². The summed E-state index contributed by atoms with van der Waals surface area (Å²) < 4.78 is 37.4. The first-order valence-corrected chi connectivity index (χ1v) is 47.6. The van der Waals surface area contributed by atoms with Crippen molar-refractivity contribution in [1.29, 1.82) is 0 Å². The van der Waals surface area contributed by atoms with E-state index in [0.29, 0.717) is 89.5 Å². The van der Waals surface area contributed by atoms with Crippen LogP contribution in [0.3, 0.4) is 0 Å². The van der Waals surface area contributed by atoms with Crippen LogP contribution in [0.4, 0.5) is 0 Å². The number of ether oxygens (including phenoxy) is 6. The normalized spacial score (nSPS) is 14.5. The zero-order valence-corrected chi connectivity index (χ0v) is 75.8. The van der Waals surface area contributed by atoms with E-state index in [1.165, 1.54) is 26.9 Å².